The first-order chi connectivity index (χ1) is 17.9. The topological polar surface area (TPSA) is 86.8 Å². The number of nitrogens with zero attached hydrogens (tertiary/aromatic N) is 2. The van der Waals surface area contributed by atoms with Gasteiger partial charge in [0, 0.05) is 24.5 Å². The van der Waals surface area contributed by atoms with Gasteiger partial charge in [-0.3, -0.25) is 13.9 Å². The average molecular weight is 662 g/mol. The molecule has 0 spiro atoms. The Balaban J connectivity index is 2.06. The number of amides is 2. The van der Waals surface area contributed by atoms with E-state index in [-0.39, 0.29) is 33.7 Å². The second-order valence-electron chi connectivity index (χ2n) is 8.46. The van der Waals surface area contributed by atoms with E-state index in [2.05, 4.69) is 21.2 Å². The van der Waals surface area contributed by atoms with Crippen LogP contribution in [0.2, 0.25) is 15.1 Å². The van der Waals surface area contributed by atoms with Gasteiger partial charge in [-0.05, 0) is 35.4 Å². The SMILES string of the molecule is CNC(=O)C(Cc1ccccc1)N(Cc1ccc(Br)cc1)C(=O)CN(c1cc(Cl)c(Cl)cc1Cl)S(C)(=O)=O. The van der Waals surface area contributed by atoms with Crippen molar-refractivity contribution in [3.63, 3.8) is 0 Å². The highest BCUT2D eigenvalue weighted by atomic mass is 79.9. The molecule has 0 bridgehead atoms. The molecule has 0 saturated carbocycles. The summed E-state index contributed by atoms with van der Waals surface area (Å²) in [6.45, 7) is -0.556. The van der Waals surface area contributed by atoms with E-state index in [0.717, 1.165) is 26.2 Å². The number of hydrogen-bond acceptors (Lipinski definition) is 4. The quantitative estimate of drug-likeness (QED) is 0.289. The number of rotatable bonds is 10. The lowest BCUT2D eigenvalue weighted by Gasteiger charge is -2.33. The van der Waals surface area contributed by atoms with Gasteiger partial charge in [-0.2, -0.15) is 0 Å². The zero-order valence-electron chi connectivity index (χ0n) is 20.5. The first kappa shape index (κ1) is 30.2. The van der Waals surface area contributed by atoms with Gasteiger partial charge >= 0.3 is 0 Å². The van der Waals surface area contributed by atoms with E-state index >= 15 is 0 Å². The number of carbonyl (C=O) groups excluding carboxylic acids is 2. The van der Waals surface area contributed by atoms with E-state index in [0.29, 0.717) is 0 Å². The van der Waals surface area contributed by atoms with Crippen molar-refractivity contribution in [3.05, 3.63) is 97.4 Å². The number of nitrogens with one attached hydrogen (secondary N) is 1. The minimum atomic E-state index is -3.99. The van der Waals surface area contributed by atoms with Crippen LogP contribution in [0.1, 0.15) is 11.1 Å². The highest BCUT2D eigenvalue weighted by Gasteiger charge is 2.33. The molecule has 0 aliphatic carbocycles. The van der Waals surface area contributed by atoms with Gasteiger partial charge in [0.05, 0.1) is 27.0 Å². The van der Waals surface area contributed by atoms with Crippen molar-refractivity contribution in [2.75, 3.05) is 24.2 Å². The van der Waals surface area contributed by atoms with Crippen LogP contribution in [0.25, 0.3) is 0 Å². The third-order valence-corrected chi connectivity index (χ3v) is 8.40. The van der Waals surface area contributed by atoms with Crippen LogP contribution in [0, 0.1) is 0 Å². The lowest BCUT2D eigenvalue weighted by molar-refractivity contribution is -0.139. The summed E-state index contributed by atoms with van der Waals surface area (Å²) in [5.41, 5.74) is 1.59. The number of anilines is 1. The molecule has 12 heteroatoms. The Hall–Kier alpha value is -2.30. The molecule has 3 aromatic rings. The van der Waals surface area contributed by atoms with Crippen molar-refractivity contribution in [3.8, 4) is 0 Å². The van der Waals surface area contributed by atoms with Gasteiger partial charge in [-0.15, -0.1) is 0 Å². The number of hydrogen-bond donors (Lipinski definition) is 1. The van der Waals surface area contributed by atoms with Gasteiger partial charge in [0.25, 0.3) is 0 Å². The van der Waals surface area contributed by atoms with Crippen LogP contribution in [-0.2, 0) is 32.6 Å². The monoisotopic (exact) mass is 659 g/mol. The molecule has 0 saturated heterocycles. The highest BCUT2D eigenvalue weighted by molar-refractivity contribution is 9.10. The molecular formula is C26H25BrCl3N3O4S. The van der Waals surface area contributed by atoms with Crippen molar-refractivity contribution >= 4 is 78.3 Å². The second-order valence-corrected chi connectivity index (χ2v) is 12.5. The largest absolute Gasteiger partial charge is 0.357 e. The van der Waals surface area contributed by atoms with Crippen molar-refractivity contribution in [1.29, 1.82) is 0 Å². The fraction of sp³-hybridized carbons (Fsp3) is 0.231. The Morgan fingerprint density at radius 3 is 2.11 bits per heavy atom. The van der Waals surface area contributed by atoms with Crippen LogP contribution >= 0.6 is 50.7 Å². The zero-order valence-corrected chi connectivity index (χ0v) is 25.2. The Labute approximate surface area is 245 Å². The predicted molar refractivity (Wildman–Crippen MR) is 156 cm³/mol. The van der Waals surface area contributed by atoms with Crippen molar-refractivity contribution in [1.82, 2.24) is 10.2 Å². The summed E-state index contributed by atoms with van der Waals surface area (Å²) < 4.78 is 27.4. The number of likely N-dealkylation sites (N-methyl/N-ethyl adjacent to an activating group) is 1. The van der Waals surface area contributed by atoms with E-state index in [4.69, 9.17) is 34.8 Å². The Bertz CT molecular complexity index is 1410. The van der Waals surface area contributed by atoms with Crippen molar-refractivity contribution < 1.29 is 18.0 Å². The Morgan fingerprint density at radius 2 is 1.53 bits per heavy atom. The summed E-state index contributed by atoms with van der Waals surface area (Å²) in [6.07, 6.45) is 1.17. The van der Waals surface area contributed by atoms with Crippen LogP contribution in [0.5, 0.6) is 0 Å². The van der Waals surface area contributed by atoms with Gasteiger partial charge in [0.2, 0.25) is 21.8 Å². The molecule has 202 valence electrons. The molecule has 1 unspecified atom stereocenters. The molecule has 0 aromatic heterocycles. The summed E-state index contributed by atoms with van der Waals surface area (Å²) in [7, 11) is -2.51. The summed E-state index contributed by atoms with van der Waals surface area (Å²) in [5.74, 6) is -0.997. The molecule has 0 aliphatic rings. The minimum absolute atomic E-state index is 0.0000563. The first-order valence-electron chi connectivity index (χ1n) is 11.3. The first-order valence-corrected chi connectivity index (χ1v) is 15.1. The van der Waals surface area contributed by atoms with Crippen LogP contribution in [0.15, 0.2) is 71.2 Å². The second kappa shape index (κ2) is 13.2. The molecule has 2 amide bonds. The van der Waals surface area contributed by atoms with Gasteiger partial charge in [-0.25, -0.2) is 8.42 Å². The highest BCUT2D eigenvalue weighted by Crippen LogP contribution is 2.35. The van der Waals surface area contributed by atoms with Crippen LogP contribution < -0.4 is 9.62 Å². The third-order valence-electron chi connectivity index (χ3n) is 5.72. The van der Waals surface area contributed by atoms with E-state index in [1.807, 2.05) is 54.6 Å². The molecule has 1 atom stereocenters. The molecule has 7 nitrogen and oxygen atoms in total. The summed E-state index contributed by atoms with van der Waals surface area (Å²) in [4.78, 5) is 28.4. The molecule has 0 fully saturated rings. The number of carbonyl (C=O) groups is 2. The average Bonchev–Trinajstić information content (AvgIpc) is 2.87. The van der Waals surface area contributed by atoms with Crippen molar-refractivity contribution in [2.24, 2.45) is 0 Å². The molecule has 3 aromatic carbocycles. The van der Waals surface area contributed by atoms with Crippen LogP contribution in [0.4, 0.5) is 5.69 Å². The third kappa shape index (κ3) is 7.86. The number of halogens is 4. The van der Waals surface area contributed by atoms with Gasteiger partial charge < -0.3 is 10.2 Å². The molecular weight excluding hydrogens is 637 g/mol. The summed E-state index contributed by atoms with van der Waals surface area (Å²) >= 11 is 21.9. The van der Waals surface area contributed by atoms with Crippen LogP contribution in [-0.4, -0.2) is 51.0 Å². The zero-order chi connectivity index (χ0) is 28.0. The Morgan fingerprint density at radius 1 is 0.921 bits per heavy atom. The molecule has 38 heavy (non-hydrogen) atoms. The van der Waals surface area contributed by atoms with Gasteiger partial charge in [-0.1, -0.05) is 93.2 Å². The van der Waals surface area contributed by atoms with Crippen LogP contribution in [0.3, 0.4) is 0 Å². The smallest absolute Gasteiger partial charge is 0.244 e. The summed E-state index contributed by atoms with van der Waals surface area (Å²) in [5, 5.41) is 2.85. The standard InChI is InChI=1S/C26H25BrCl3N3O4S/c1-31-26(35)24(12-17-6-4-3-5-7-17)32(15-18-8-10-19(27)11-9-18)25(34)16-33(38(2,36)37)23-14-21(29)20(28)13-22(23)30/h3-11,13-14,24H,12,15-16H2,1-2H3,(H,31,35). The van der Waals surface area contributed by atoms with E-state index in [1.54, 1.807) is 0 Å². The lowest BCUT2D eigenvalue weighted by Crippen LogP contribution is -2.52. The van der Waals surface area contributed by atoms with E-state index in [9.17, 15) is 18.0 Å². The maximum atomic E-state index is 13.9. The Kier molecular flexibility index (Phi) is 10.5. The lowest BCUT2D eigenvalue weighted by atomic mass is 10.0. The van der Waals surface area contributed by atoms with E-state index in [1.165, 1.54) is 24.1 Å². The summed E-state index contributed by atoms with van der Waals surface area (Å²) in [6, 6.07) is 18.2. The normalized spacial score (nSPS) is 12.1. The molecule has 1 N–H and O–H groups in total. The fourth-order valence-corrected chi connectivity index (χ4v) is 5.62. The molecule has 0 aliphatic heterocycles. The van der Waals surface area contributed by atoms with Crippen molar-refractivity contribution in [2.45, 2.75) is 19.0 Å². The minimum Gasteiger partial charge on any atom is -0.357 e. The van der Waals surface area contributed by atoms with Gasteiger partial charge in [0.15, 0.2) is 0 Å². The van der Waals surface area contributed by atoms with E-state index < -0.39 is 34.4 Å². The molecule has 0 radical (unpaired) electrons. The number of benzene rings is 3. The fourth-order valence-electron chi connectivity index (χ4n) is 3.81. The number of sulfonamides is 1. The molecule has 3 rings (SSSR count). The molecule has 0 heterocycles. The predicted octanol–water partition coefficient (Wildman–Crippen LogP) is 5.56. The maximum Gasteiger partial charge on any atom is 0.244 e. The van der Waals surface area contributed by atoms with Gasteiger partial charge in [0.1, 0.15) is 12.6 Å². The maximum absolute atomic E-state index is 13.9.